The lowest BCUT2D eigenvalue weighted by atomic mass is 10.1. The van der Waals surface area contributed by atoms with Crippen molar-refractivity contribution in [1.29, 1.82) is 0 Å². The van der Waals surface area contributed by atoms with Crippen LogP contribution in [0.2, 0.25) is 0 Å². The summed E-state index contributed by atoms with van der Waals surface area (Å²) in [6, 6.07) is 5.92. The summed E-state index contributed by atoms with van der Waals surface area (Å²) >= 11 is 0. The molecule has 1 aliphatic heterocycles. The summed E-state index contributed by atoms with van der Waals surface area (Å²) in [5.74, 6) is 0. The Morgan fingerprint density at radius 3 is 2.60 bits per heavy atom. The van der Waals surface area contributed by atoms with E-state index < -0.39 is 0 Å². The van der Waals surface area contributed by atoms with E-state index in [0.29, 0.717) is 5.69 Å². The molecule has 0 radical (unpaired) electrons. The second-order valence-corrected chi connectivity index (χ2v) is 4.08. The van der Waals surface area contributed by atoms with Crippen molar-refractivity contribution >= 4 is 11.4 Å². The molecule has 2 rings (SSSR count). The van der Waals surface area contributed by atoms with Crippen molar-refractivity contribution in [3.05, 3.63) is 28.7 Å². The van der Waals surface area contributed by atoms with Crippen molar-refractivity contribution < 1.29 is 0 Å². The van der Waals surface area contributed by atoms with E-state index in [1.54, 1.807) is 0 Å². The lowest BCUT2D eigenvalue weighted by Crippen LogP contribution is -2.29. The summed E-state index contributed by atoms with van der Waals surface area (Å²) in [6.45, 7) is 4.03. The molecule has 1 fully saturated rings. The van der Waals surface area contributed by atoms with Crippen LogP contribution in [0.5, 0.6) is 0 Å². The number of hydrogen-bond acceptors (Lipinski definition) is 3. The van der Waals surface area contributed by atoms with Crippen molar-refractivity contribution in [2.75, 3.05) is 18.0 Å². The average molecular weight is 204 g/mol. The minimum absolute atomic E-state index is 0.611. The highest BCUT2D eigenvalue weighted by Crippen LogP contribution is 2.33. The van der Waals surface area contributed by atoms with Crippen LogP contribution in [0, 0.1) is 11.8 Å². The molecule has 1 saturated heterocycles. The van der Waals surface area contributed by atoms with E-state index in [2.05, 4.69) is 10.1 Å². The average Bonchev–Trinajstić information content (AvgIpc) is 2.30. The minimum Gasteiger partial charge on any atom is -0.370 e. The number of piperidine rings is 1. The van der Waals surface area contributed by atoms with Crippen molar-refractivity contribution in [2.24, 2.45) is 5.18 Å². The van der Waals surface area contributed by atoms with Crippen LogP contribution in [-0.2, 0) is 0 Å². The third-order valence-corrected chi connectivity index (χ3v) is 3.00. The Hall–Kier alpha value is -1.38. The fraction of sp³-hybridized carbons (Fsp3) is 0.500. The van der Waals surface area contributed by atoms with Gasteiger partial charge in [-0.3, -0.25) is 0 Å². The van der Waals surface area contributed by atoms with Gasteiger partial charge in [0.1, 0.15) is 5.69 Å². The highest BCUT2D eigenvalue weighted by atomic mass is 16.3. The molecule has 0 amide bonds. The number of nitroso groups, excluding NO2 is 1. The fourth-order valence-electron chi connectivity index (χ4n) is 2.15. The first-order valence-corrected chi connectivity index (χ1v) is 5.51. The number of benzene rings is 1. The van der Waals surface area contributed by atoms with Gasteiger partial charge in [-0.15, -0.1) is 4.91 Å². The third kappa shape index (κ3) is 2.01. The molecule has 0 N–H and O–H groups in total. The van der Waals surface area contributed by atoms with Crippen molar-refractivity contribution in [1.82, 2.24) is 0 Å². The second kappa shape index (κ2) is 4.43. The summed E-state index contributed by atoms with van der Waals surface area (Å²) in [7, 11) is 0. The first-order valence-electron chi connectivity index (χ1n) is 5.51. The molecule has 0 saturated carbocycles. The standard InChI is InChI=1S/C12H16N2O/c1-10-6-5-7-11(12(10)13-15)14-8-3-2-4-9-14/h5-7H,2-4,8-9H2,1H3. The van der Waals surface area contributed by atoms with E-state index >= 15 is 0 Å². The van der Waals surface area contributed by atoms with E-state index in [-0.39, 0.29) is 0 Å². The smallest absolute Gasteiger partial charge is 0.134 e. The third-order valence-electron chi connectivity index (χ3n) is 3.00. The van der Waals surface area contributed by atoms with E-state index in [1.807, 2.05) is 25.1 Å². The van der Waals surface area contributed by atoms with E-state index in [0.717, 1.165) is 24.3 Å². The molecular formula is C12H16N2O. The Morgan fingerprint density at radius 1 is 1.20 bits per heavy atom. The van der Waals surface area contributed by atoms with Crippen LogP contribution in [0.25, 0.3) is 0 Å². The first kappa shape index (κ1) is 10.1. The SMILES string of the molecule is Cc1cccc(N2CCCCC2)c1N=O. The zero-order chi connectivity index (χ0) is 10.7. The Kier molecular flexibility index (Phi) is 2.99. The van der Waals surface area contributed by atoms with E-state index in [1.165, 1.54) is 19.3 Å². The number of hydrogen-bond donors (Lipinski definition) is 0. The quantitative estimate of drug-likeness (QED) is 0.692. The van der Waals surface area contributed by atoms with Gasteiger partial charge < -0.3 is 4.90 Å². The zero-order valence-corrected chi connectivity index (χ0v) is 9.07. The molecule has 0 bridgehead atoms. The number of aryl methyl sites for hydroxylation is 1. The first-order chi connectivity index (χ1) is 7.33. The van der Waals surface area contributed by atoms with Gasteiger partial charge in [-0.05, 0) is 43.0 Å². The van der Waals surface area contributed by atoms with Crippen molar-refractivity contribution in [2.45, 2.75) is 26.2 Å². The molecule has 0 atom stereocenters. The summed E-state index contributed by atoms with van der Waals surface area (Å²) in [6.07, 6.45) is 3.73. The summed E-state index contributed by atoms with van der Waals surface area (Å²) in [5.41, 5.74) is 2.58. The molecule has 1 heterocycles. The van der Waals surface area contributed by atoms with Gasteiger partial charge in [0.15, 0.2) is 0 Å². The predicted octanol–water partition coefficient (Wildman–Crippen LogP) is 3.38. The summed E-state index contributed by atoms with van der Waals surface area (Å²) in [4.78, 5) is 13.1. The molecule has 1 aromatic carbocycles. The van der Waals surface area contributed by atoms with Crippen LogP contribution >= 0.6 is 0 Å². The Balaban J connectivity index is 2.33. The van der Waals surface area contributed by atoms with Crippen molar-refractivity contribution in [3.8, 4) is 0 Å². The molecule has 15 heavy (non-hydrogen) atoms. The normalized spacial score (nSPS) is 16.5. The van der Waals surface area contributed by atoms with Gasteiger partial charge in [-0.2, -0.15) is 0 Å². The van der Waals surface area contributed by atoms with Crippen LogP contribution < -0.4 is 4.90 Å². The highest BCUT2D eigenvalue weighted by Gasteiger charge is 2.15. The van der Waals surface area contributed by atoms with Gasteiger partial charge in [-0.1, -0.05) is 12.1 Å². The maximum absolute atomic E-state index is 10.8. The van der Waals surface area contributed by atoms with Gasteiger partial charge >= 0.3 is 0 Å². The Bertz CT molecular complexity index is 357. The van der Waals surface area contributed by atoms with Gasteiger partial charge in [0.05, 0.1) is 5.69 Å². The summed E-state index contributed by atoms with van der Waals surface area (Å²) < 4.78 is 0. The van der Waals surface area contributed by atoms with Gasteiger partial charge in [0.2, 0.25) is 0 Å². The molecule has 80 valence electrons. The highest BCUT2D eigenvalue weighted by molar-refractivity contribution is 5.70. The largest absolute Gasteiger partial charge is 0.370 e. The lowest BCUT2D eigenvalue weighted by molar-refractivity contribution is 0.578. The number of rotatable bonds is 2. The van der Waals surface area contributed by atoms with Crippen LogP contribution in [0.15, 0.2) is 23.4 Å². The molecule has 0 aliphatic carbocycles. The Morgan fingerprint density at radius 2 is 1.93 bits per heavy atom. The van der Waals surface area contributed by atoms with Crippen LogP contribution in [0.3, 0.4) is 0 Å². The van der Waals surface area contributed by atoms with Crippen LogP contribution in [0.4, 0.5) is 11.4 Å². The molecular weight excluding hydrogens is 188 g/mol. The lowest BCUT2D eigenvalue weighted by Gasteiger charge is -2.29. The minimum atomic E-state index is 0.611. The van der Waals surface area contributed by atoms with Crippen molar-refractivity contribution in [3.63, 3.8) is 0 Å². The molecule has 0 spiro atoms. The van der Waals surface area contributed by atoms with Gasteiger partial charge in [0.25, 0.3) is 0 Å². The van der Waals surface area contributed by atoms with Gasteiger partial charge in [-0.25, -0.2) is 0 Å². The molecule has 1 aromatic rings. The molecule has 3 nitrogen and oxygen atoms in total. The fourth-order valence-corrected chi connectivity index (χ4v) is 2.15. The van der Waals surface area contributed by atoms with E-state index in [9.17, 15) is 4.91 Å². The summed E-state index contributed by atoms with van der Waals surface area (Å²) in [5, 5.41) is 3.15. The monoisotopic (exact) mass is 204 g/mol. The topological polar surface area (TPSA) is 32.7 Å². The number of anilines is 1. The zero-order valence-electron chi connectivity index (χ0n) is 9.07. The molecule has 3 heteroatoms. The predicted molar refractivity (Wildman–Crippen MR) is 62.7 cm³/mol. The molecule has 0 aromatic heterocycles. The maximum Gasteiger partial charge on any atom is 0.134 e. The number of nitrogens with zero attached hydrogens (tertiary/aromatic N) is 2. The second-order valence-electron chi connectivity index (χ2n) is 4.08. The molecule has 0 unspecified atom stereocenters. The van der Waals surface area contributed by atoms with E-state index in [4.69, 9.17) is 0 Å². The Labute approximate surface area is 90.1 Å². The van der Waals surface area contributed by atoms with Crippen LogP contribution in [0.1, 0.15) is 24.8 Å². The maximum atomic E-state index is 10.8. The van der Waals surface area contributed by atoms with Crippen LogP contribution in [-0.4, -0.2) is 13.1 Å². The van der Waals surface area contributed by atoms with Gasteiger partial charge in [0, 0.05) is 13.1 Å². The molecule has 1 aliphatic rings.